The van der Waals surface area contributed by atoms with E-state index in [1.54, 1.807) is 30.3 Å². The first-order valence-electron chi connectivity index (χ1n) is 11.5. The zero-order valence-corrected chi connectivity index (χ0v) is 20.4. The minimum absolute atomic E-state index is 0.0712. The Kier molecular flexibility index (Phi) is 6.61. The van der Waals surface area contributed by atoms with Crippen LogP contribution in [0.25, 0.3) is 5.76 Å². The molecule has 1 saturated heterocycles. The maximum Gasteiger partial charge on any atom is 0.300 e. The maximum atomic E-state index is 13.4. The number of amides is 1. The number of aliphatic hydroxyl groups is 1. The minimum Gasteiger partial charge on any atom is -0.507 e. The number of hydrogen-bond donors (Lipinski definition) is 1. The van der Waals surface area contributed by atoms with E-state index in [1.807, 2.05) is 39.8 Å². The predicted octanol–water partition coefficient (Wildman–Crippen LogP) is 5.63. The average molecular weight is 487 g/mol. The molecule has 1 unspecified atom stereocenters. The van der Waals surface area contributed by atoms with Gasteiger partial charge in [-0.05, 0) is 68.7 Å². The first kappa shape index (κ1) is 24.7. The molecule has 0 spiro atoms. The summed E-state index contributed by atoms with van der Waals surface area (Å²) in [6.45, 7) is 7.62. The largest absolute Gasteiger partial charge is 0.507 e. The first-order valence-corrected chi connectivity index (χ1v) is 11.5. The van der Waals surface area contributed by atoms with E-state index in [-0.39, 0.29) is 22.9 Å². The standard InChI is InChI=1S/C28H26N2O6/c1-16(2)36-23-10-6-7-19(15-23)25-24(26(31)20-8-5-9-22(14-20)30(34)35)27(32)28(33)29(25)21-12-11-17(3)18(4)13-21/h5-16,25,31H,1-4H3/b26-24-. The number of non-ortho nitro benzene ring substituents is 1. The second-order valence-electron chi connectivity index (χ2n) is 8.98. The number of aryl methyl sites for hydroxylation is 2. The lowest BCUT2D eigenvalue weighted by atomic mass is 9.94. The number of carbonyl (C=O) groups excluding carboxylic acids is 2. The second-order valence-corrected chi connectivity index (χ2v) is 8.98. The number of benzene rings is 3. The number of carbonyl (C=O) groups is 2. The van der Waals surface area contributed by atoms with E-state index in [0.717, 1.165) is 11.1 Å². The molecule has 1 fully saturated rings. The summed E-state index contributed by atoms with van der Waals surface area (Å²) in [5, 5.41) is 22.5. The summed E-state index contributed by atoms with van der Waals surface area (Å²) in [7, 11) is 0. The number of nitro groups is 1. The fourth-order valence-electron chi connectivity index (χ4n) is 4.24. The third-order valence-electron chi connectivity index (χ3n) is 6.09. The fourth-order valence-corrected chi connectivity index (χ4v) is 4.24. The van der Waals surface area contributed by atoms with Crippen molar-refractivity contribution in [3.8, 4) is 5.75 Å². The summed E-state index contributed by atoms with van der Waals surface area (Å²) in [4.78, 5) is 38.8. The molecule has 0 aromatic heterocycles. The highest BCUT2D eigenvalue weighted by molar-refractivity contribution is 6.51. The van der Waals surface area contributed by atoms with E-state index in [2.05, 4.69) is 0 Å². The van der Waals surface area contributed by atoms with Gasteiger partial charge in [-0.2, -0.15) is 0 Å². The smallest absolute Gasteiger partial charge is 0.300 e. The Labute approximate surface area is 208 Å². The summed E-state index contributed by atoms with van der Waals surface area (Å²) < 4.78 is 5.82. The molecule has 8 nitrogen and oxygen atoms in total. The fraction of sp³-hybridized carbons (Fsp3) is 0.214. The van der Waals surface area contributed by atoms with E-state index in [9.17, 15) is 24.8 Å². The van der Waals surface area contributed by atoms with Crippen LogP contribution in [0.5, 0.6) is 5.75 Å². The van der Waals surface area contributed by atoms with Gasteiger partial charge in [0.2, 0.25) is 0 Å². The molecule has 4 rings (SSSR count). The van der Waals surface area contributed by atoms with Crippen LogP contribution < -0.4 is 9.64 Å². The third kappa shape index (κ3) is 4.57. The Morgan fingerprint density at radius 2 is 1.72 bits per heavy atom. The molecule has 8 heteroatoms. The Morgan fingerprint density at radius 1 is 1.00 bits per heavy atom. The van der Waals surface area contributed by atoms with Crippen LogP contribution >= 0.6 is 0 Å². The van der Waals surface area contributed by atoms with E-state index in [0.29, 0.717) is 17.0 Å². The summed E-state index contributed by atoms with van der Waals surface area (Å²) in [5.41, 5.74) is 2.68. The van der Waals surface area contributed by atoms with Gasteiger partial charge in [0.05, 0.1) is 22.6 Å². The van der Waals surface area contributed by atoms with Crippen LogP contribution in [-0.4, -0.2) is 27.8 Å². The number of Topliss-reactive ketones (excluding diaryl/α,β-unsaturated/α-hetero) is 1. The lowest BCUT2D eigenvalue weighted by Crippen LogP contribution is -2.29. The van der Waals surface area contributed by atoms with E-state index in [4.69, 9.17) is 4.74 Å². The van der Waals surface area contributed by atoms with Crippen LogP contribution in [0.3, 0.4) is 0 Å². The van der Waals surface area contributed by atoms with Gasteiger partial charge in [0.15, 0.2) is 0 Å². The molecule has 184 valence electrons. The summed E-state index contributed by atoms with van der Waals surface area (Å²) in [5.74, 6) is -1.62. The van der Waals surface area contributed by atoms with Gasteiger partial charge in [-0.15, -0.1) is 0 Å². The predicted molar refractivity (Wildman–Crippen MR) is 136 cm³/mol. The highest BCUT2D eigenvalue weighted by atomic mass is 16.6. The minimum atomic E-state index is -0.970. The summed E-state index contributed by atoms with van der Waals surface area (Å²) >= 11 is 0. The lowest BCUT2D eigenvalue weighted by Gasteiger charge is -2.26. The van der Waals surface area contributed by atoms with Gasteiger partial charge in [0.1, 0.15) is 11.5 Å². The van der Waals surface area contributed by atoms with Crippen LogP contribution in [0.15, 0.2) is 72.3 Å². The van der Waals surface area contributed by atoms with Gasteiger partial charge < -0.3 is 9.84 Å². The van der Waals surface area contributed by atoms with E-state index < -0.39 is 28.4 Å². The Hall–Kier alpha value is -4.46. The number of aliphatic hydroxyl groups excluding tert-OH is 1. The number of ether oxygens (including phenoxy) is 1. The van der Waals surface area contributed by atoms with Crippen LogP contribution in [-0.2, 0) is 9.59 Å². The van der Waals surface area contributed by atoms with E-state index in [1.165, 1.54) is 29.2 Å². The Bertz CT molecular complexity index is 1410. The van der Waals surface area contributed by atoms with Crippen LogP contribution in [0.4, 0.5) is 11.4 Å². The molecule has 1 heterocycles. The van der Waals surface area contributed by atoms with Crippen molar-refractivity contribution in [2.75, 3.05) is 4.90 Å². The van der Waals surface area contributed by atoms with Crippen molar-refractivity contribution in [2.45, 2.75) is 39.8 Å². The molecular weight excluding hydrogens is 460 g/mol. The molecule has 36 heavy (non-hydrogen) atoms. The third-order valence-corrected chi connectivity index (χ3v) is 6.09. The normalized spacial score (nSPS) is 17.0. The molecule has 0 radical (unpaired) electrons. The highest BCUT2D eigenvalue weighted by Crippen LogP contribution is 2.43. The lowest BCUT2D eigenvalue weighted by molar-refractivity contribution is -0.384. The number of rotatable bonds is 6. The Balaban J connectivity index is 1.96. The Morgan fingerprint density at radius 3 is 2.39 bits per heavy atom. The molecule has 0 aliphatic carbocycles. The number of nitrogens with zero attached hydrogens (tertiary/aromatic N) is 2. The molecule has 3 aromatic rings. The van der Waals surface area contributed by atoms with Crippen molar-refractivity contribution in [1.82, 2.24) is 0 Å². The molecule has 1 aliphatic heterocycles. The summed E-state index contributed by atoms with van der Waals surface area (Å²) in [6.07, 6.45) is -0.101. The zero-order valence-electron chi connectivity index (χ0n) is 20.4. The van der Waals surface area contributed by atoms with E-state index >= 15 is 0 Å². The van der Waals surface area contributed by atoms with Crippen molar-refractivity contribution in [3.05, 3.63) is 105 Å². The van der Waals surface area contributed by atoms with Crippen LogP contribution in [0.2, 0.25) is 0 Å². The van der Waals surface area contributed by atoms with Crippen LogP contribution in [0, 0.1) is 24.0 Å². The van der Waals surface area contributed by atoms with Crippen molar-refractivity contribution < 1.29 is 24.4 Å². The number of hydrogen-bond acceptors (Lipinski definition) is 6. The highest BCUT2D eigenvalue weighted by Gasteiger charge is 2.47. The molecule has 1 N–H and O–H groups in total. The molecule has 1 amide bonds. The van der Waals surface area contributed by atoms with Gasteiger partial charge in [-0.3, -0.25) is 24.6 Å². The monoisotopic (exact) mass is 486 g/mol. The second kappa shape index (κ2) is 9.65. The van der Waals surface area contributed by atoms with Crippen molar-refractivity contribution >= 4 is 28.8 Å². The average Bonchev–Trinajstić information content (AvgIpc) is 3.10. The van der Waals surface area contributed by atoms with Gasteiger partial charge in [-0.25, -0.2) is 0 Å². The number of anilines is 1. The maximum absolute atomic E-state index is 13.4. The number of nitro benzene ring substituents is 1. The molecule has 0 saturated carbocycles. The molecule has 0 bridgehead atoms. The molecular formula is C28H26N2O6. The topological polar surface area (TPSA) is 110 Å². The first-order chi connectivity index (χ1) is 17.1. The van der Waals surface area contributed by atoms with Gasteiger partial charge >= 0.3 is 0 Å². The molecule has 1 atom stereocenters. The van der Waals surface area contributed by atoms with Crippen molar-refractivity contribution in [3.63, 3.8) is 0 Å². The zero-order chi connectivity index (χ0) is 26.1. The SMILES string of the molecule is Cc1ccc(N2C(=O)C(=O)/C(=C(\O)c3cccc([N+](=O)[O-])c3)C2c2cccc(OC(C)C)c2)cc1C. The molecule has 1 aliphatic rings. The summed E-state index contributed by atoms with van der Waals surface area (Å²) in [6, 6.07) is 16.8. The number of ketones is 1. The van der Waals surface area contributed by atoms with Crippen LogP contribution in [0.1, 0.15) is 42.1 Å². The van der Waals surface area contributed by atoms with Gasteiger partial charge in [0, 0.05) is 23.4 Å². The van der Waals surface area contributed by atoms with Gasteiger partial charge in [0.25, 0.3) is 17.4 Å². The molecule has 3 aromatic carbocycles. The quantitative estimate of drug-likeness (QED) is 0.159. The van der Waals surface area contributed by atoms with Crippen molar-refractivity contribution in [2.24, 2.45) is 0 Å². The van der Waals surface area contributed by atoms with Crippen molar-refractivity contribution in [1.29, 1.82) is 0 Å². The van der Waals surface area contributed by atoms with Gasteiger partial charge in [-0.1, -0.05) is 30.3 Å².